The van der Waals surface area contributed by atoms with Crippen LogP contribution in [0.3, 0.4) is 0 Å². The average molecular weight is 497 g/mol. The van der Waals surface area contributed by atoms with Crippen molar-refractivity contribution in [1.29, 1.82) is 0 Å². The molecule has 7 heteroatoms. The van der Waals surface area contributed by atoms with Crippen LogP contribution in [0.5, 0.6) is 11.5 Å². The Labute approximate surface area is 214 Å². The zero-order valence-corrected chi connectivity index (χ0v) is 20.5. The van der Waals surface area contributed by atoms with E-state index >= 15 is 0 Å². The van der Waals surface area contributed by atoms with Crippen LogP contribution < -0.4 is 4.74 Å². The van der Waals surface area contributed by atoms with Gasteiger partial charge in [0.1, 0.15) is 11.3 Å². The molecule has 2 bridgehead atoms. The quantitative estimate of drug-likeness (QED) is 0.548. The molecule has 3 aliphatic carbocycles. The lowest BCUT2D eigenvalue weighted by atomic mass is 9.48. The number of hydrogen-bond donors (Lipinski definition) is 1. The van der Waals surface area contributed by atoms with E-state index in [1.54, 1.807) is 12.1 Å². The molecular formula is C30H28N2O5. The minimum atomic E-state index is -0.935. The third kappa shape index (κ3) is 2.78. The fourth-order valence-electron chi connectivity index (χ4n) is 7.84. The summed E-state index contributed by atoms with van der Waals surface area (Å²) in [5.74, 6) is 0.685. The highest BCUT2D eigenvalue weighted by atomic mass is 16.6. The van der Waals surface area contributed by atoms with Gasteiger partial charge in [-0.3, -0.25) is 9.69 Å². The molecule has 2 saturated carbocycles. The topological polar surface area (TPSA) is 89.0 Å². The Kier molecular flexibility index (Phi) is 4.27. The molecule has 0 amide bonds. The lowest BCUT2D eigenvalue weighted by Gasteiger charge is -2.63. The molecule has 1 N–H and O–H groups in total. The number of para-hydroxylation sites is 1. The molecule has 4 atom stereocenters. The summed E-state index contributed by atoms with van der Waals surface area (Å²) in [6, 6.07) is 14.9. The molecule has 37 heavy (non-hydrogen) atoms. The van der Waals surface area contributed by atoms with E-state index in [0.717, 1.165) is 35.1 Å². The van der Waals surface area contributed by atoms with Gasteiger partial charge in [-0.1, -0.05) is 30.3 Å². The van der Waals surface area contributed by atoms with Crippen LogP contribution >= 0.6 is 0 Å². The number of benzene rings is 2. The first-order valence-electron chi connectivity index (χ1n) is 13.4. The molecule has 3 aromatic rings. The van der Waals surface area contributed by atoms with E-state index in [2.05, 4.69) is 9.88 Å². The lowest BCUT2D eigenvalue weighted by Crippen LogP contribution is -2.77. The number of pyridine rings is 1. The van der Waals surface area contributed by atoms with Gasteiger partial charge in [0.05, 0.1) is 17.0 Å². The van der Waals surface area contributed by atoms with Crippen LogP contribution in [0.1, 0.15) is 53.7 Å². The molecule has 1 aromatic heterocycles. The van der Waals surface area contributed by atoms with Gasteiger partial charge >= 0.3 is 5.97 Å². The van der Waals surface area contributed by atoms with Gasteiger partial charge in [-0.2, -0.15) is 0 Å². The number of aromatic hydroxyl groups is 1. The molecule has 7 nitrogen and oxygen atoms in total. The summed E-state index contributed by atoms with van der Waals surface area (Å²) in [7, 11) is 0. The van der Waals surface area contributed by atoms with E-state index in [1.807, 2.05) is 36.4 Å². The zero-order valence-electron chi connectivity index (χ0n) is 20.5. The number of piperidine rings is 1. The van der Waals surface area contributed by atoms with E-state index in [1.165, 1.54) is 12.8 Å². The smallest absolute Gasteiger partial charge is 0.357 e. The highest BCUT2D eigenvalue weighted by Crippen LogP contribution is 2.66. The number of likely N-dealkylation sites (tertiary alicyclic amines) is 1. The van der Waals surface area contributed by atoms with E-state index in [4.69, 9.17) is 9.47 Å². The third-order valence-corrected chi connectivity index (χ3v) is 9.60. The Morgan fingerprint density at radius 1 is 1.14 bits per heavy atom. The second kappa shape index (κ2) is 7.32. The molecule has 2 aliphatic heterocycles. The molecule has 0 radical (unpaired) electrons. The molecule has 1 spiro atoms. The minimum Gasteiger partial charge on any atom is -0.504 e. The van der Waals surface area contributed by atoms with Crippen molar-refractivity contribution < 1.29 is 24.2 Å². The summed E-state index contributed by atoms with van der Waals surface area (Å²) in [5.41, 5.74) is 1.24. The van der Waals surface area contributed by atoms with Crippen molar-refractivity contribution in [1.82, 2.24) is 9.88 Å². The molecule has 1 saturated heterocycles. The number of aromatic nitrogens is 1. The maximum atomic E-state index is 13.9. The molecule has 188 valence electrons. The average Bonchev–Trinajstić information content (AvgIpc) is 3.65. The number of fused-ring (bicyclic) bond motifs is 1. The van der Waals surface area contributed by atoms with Crippen LogP contribution in [0, 0.1) is 5.92 Å². The number of Topliss-reactive ketones (excluding diaryl/α,β-unsaturated/α-hetero) is 1. The van der Waals surface area contributed by atoms with Gasteiger partial charge in [0, 0.05) is 23.9 Å². The van der Waals surface area contributed by atoms with Crippen LogP contribution in [-0.4, -0.2) is 57.6 Å². The number of rotatable bonds is 4. The predicted molar refractivity (Wildman–Crippen MR) is 135 cm³/mol. The summed E-state index contributed by atoms with van der Waals surface area (Å²) >= 11 is 0. The van der Waals surface area contributed by atoms with Gasteiger partial charge in [-0.05, 0) is 68.3 Å². The number of esters is 1. The van der Waals surface area contributed by atoms with Crippen molar-refractivity contribution in [2.45, 2.75) is 61.7 Å². The molecule has 8 rings (SSSR count). The van der Waals surface area contributed by atoms with Crippen molar-refractivity contribution in [2.75, 3.05) is 13.1 Å². The molecule has 2 aromatic carbocycles. The summed E-state index contributed by atoms with van der Waals surface area (Å²) in [5, 5.41) is 11.7. The van der Waals surface area contributed by atoms with Gasteiger partial charge < -0.3 is 14.6 Å². The number of carbonyl (C=O) groups excluding carboxylic acids is 2. The van der Waals surface area contributed by atoms with Gasteiger partial charge in [0.15, 0.2) is 23.4 Å². The number of hydrogen-bond acceptors (Lipinski definition) is 7. The number of phenolic OH excluding ortho intramolecular Hbond substituents is 1. The fourth-order valence-corrected chi connectivity index (χ4v) is 7.84. The molecular weight excluding hydrogens is 468 g/mol. The summed E-state index contributed by atoms with van der Waals surface area (Å²) in [6.07, 6.45) is 3.79. The van der Waals surface area contributed by atoms with Gasteiger partial charge in [0.2, 0.25) is 0 Å². The molecule has 0 unspecified atom stereocenters. The first-order valence-corrected chi connectivity index (χ1v) is 13.4. The SMILES string of the molecule is O=C(O[C@@]12CCC(=O)[C@@H]3Oc4c(O)ccc5c4[C@@]31CCN(CC1CC1)[C@@H]2C5)c1ccc2ccccc2n1. The Hall–Kier alpha value is -3.45. The van der Waals surface area contributed by atoms with Crippen LogP contribution in [0.2, 0.25) is 0 Å². The second-order valence-corrected chi connectivity index (χ2v) is 11.5. The maximum Gasteiger partial charge on any atom is 0.357 e. The van der Waals surface area contributed by atoms with Gasteiger partial charge in [-0.25, -0.2) is 9.78 Å². The second-order valence-electron chi connectivity index (χ2n) is 11.5. The fraction of sp³-hybridized carbons (Fsp3) is 0.433. The van der Waals surface area contributed by atoms with Gasteiger partial charge in [-0.15, -0.1) is 0 Å². The molecule has 3 heterocycles. The maximum absolute atomic E-state index is 13.9. The van der Waals surface area contributed by atoms with E-state index in [0.29, 0.717) is 30.9 Å². The van der Waals surface area contributed by atoms with Crippen LogP contribution in [0.25, 0.3) is 10.9 Å². The Balaban J connectivity index is 1.29. The Morgan fingerprint density at radius 2 is 2.00 bits per heavy atom. The van der Waals surface area contributed by atoms with Crippen molar-refractivity contribution in [3.05, 3.63) is 65.4 Å². The predicted octanol–water partition coefficient (Wildman–Crippen LogP) is 3.94. The lowest BCUT2D eigenvalue weighted by molar-refractivity contribution is -0.190. The Bertz CT molecular complexity index is 1500. The molecule has 5 aliphatic rings. The van der Waals surface area contributed by atoms with Crippen molar-refractivity contribution >= 4 is 22.7 Å². The normalized spacial score (nSPS) is 31.6. The number of nitrogens with zero attached hydrogens (tertiary/aromatic N) is 2. The summed E-state index contributed by atoms with van der Waals surface area (Å²) < 4.78 is 13.0. The summed E-state index contributed by atoms with van der Waals surface area (Å²) in [4.78, 5) is 34.4. The van der Waals surface area contributed by atoms with Crippen molar-refractivity contribution in [3.8, 4) is 11.5 Å². The number of ketones is 1. The first kappa shape index (κ1) is 21.6. The molecule has 3 fully saturated rings. The van der Waals surface area contributed by atoms with Crippen LogP contribution in [0.15, 0.2) is 48.5 Å². The minimum absolute atomic E-state index is 0.0216. The van der Waals surface area contributed by atoms with E-state index < -0.39 is 23.1 Å². The van der Waals surface area contributed by atoms with Crippen LogP contribution in [-0.2, 0) is 21.4 Å². The zero-order chi connectivity index (χ0) is 24.9. The van der Waals surface area contributed by atoms with Crippen molar-refractivity contribution in [3.63, 3.8) is 0 Å². The van der Waals surface area contributed by atoms with E-state index in [-0.39, 0.29) is 29.7 Å². The number of ether oxygens (including phenoxy) is 2. The Morgan fingerprint density at radius 3 is 2.86 bits per heavy atom. The monoisotopic (exact) mass is 496 g/mol. The van der Waals surface area contributed by atoms with Gasteiger partial charge in [0.25, 0.3) is 0 Å². The van der Waals surface area contributed by atoms with Crippen LogP contribution in [0.4, 0.5) is 0 Å². The van der Waals surface area contributed by atoms with E-state index in [9.17, 15) is 14.7 Å². The highest BCUT2D eigenvalue weighted by Gasteiger charge is 2.75. The summed E-state index contributed by atoms with van der Waals surface area (Å²) in [6.45, 7) is 1.80. The standard InChI is InChI=1S/C30H28N2O5/c33-22-10-8-19-15-24-30(37-28(35)21-9-7-18-3-1-2-4-20(18)31-21)12-11-23(34)27-29(30,25(19)26(22)36-27)13-14-32(24)16-17-5-6-17/h1-4,7-10,17,24,27,33H,5-6,11-16H2/t24-,27+,29+,30-/m1/s1. The highest BCUT2D eigenvalue weighted by molar-refractivity contribution is 5.93. The largest absolute Gasteiger partial charge is 0.504 e. The third-order valence-electron chi connectivity index (χ3n) is 9.60. The first-order chi connectivity index (χ1) is 18.0. The number of phenols is 1. The van der Waals surface area contributed by atoms with Crippen molar-refractivity contribution in [2.24, 2.45) is 5.92 Å². The number of carbonyl (C=O) groups is 2.